The van der Waals surface area contributed by atoms with Gasteiger partial charge in [-0.05, 0) is 0 Å². The quantitative estimate of drug-likeness (QED) is 0.587. The first kappa shape index (κ1) is 7.86. The number of hydrogen-bond acceptors (Lipinski definition) is 1. The molecule has 1 radical (unpaired) electrons. The van der Waals surface area contributed by atoms with Crippen LogP contribution in [0.5, 0.6) is 0 Å². The Morgan fingerprint density at radius 1 is 1.36 bits per heavy atom. The van der Waals surface area contributed by atoms with Gasteiger partial charge in [0.25, 0.3) is 7.41 Å². The van der Waals surface area contributed by atoms with E-state index in [-0.39, 0.29) is 5.91 Å². The van der Waals surface area contributed by atoms with Crippen LogP contribution in [0.4, 0.5) is 0 Å². The van der Waals surface area contributed by atoms with Crippen LogP contribution in [-0.4, -0.2) is 13.3 Å². The van der Waals surface area contributed by atoms with Crippen LogP contribution in [0.3, 0.4) is 0 Å². The van der Waals surface area contributed by atoms with Crippen molar-refractivity contribution < 1.29 is 4.79 Å². The lowest BCUT2D eigenvalue weighted by molar-refractivity contribution is -0.117. The van der Waals surface area contributed by atoms with Crippen LogP contribution >= 0.6 is 0 Å². The molecule has 0 heterocycles. The molecule has 0 unspecified atom stereocenters. The first-order valence-corrected chi connectivity index (χ1v) is 3.44. The third kappa shape index (κ3) is 2.89. The second-order valence-electron chi connectivity index (χ2n) is 2.26. The summed E-state index contributed by atoms with van der Waals surface area (Å²) in [5.74, 6) is -0.0474. The van der Waals surface area contributed by atoms with Crippen molar-refractivity contribution in [1.29, 1.82) is 0 Å². The fraction of sp³-hybridized carbons (Fsp3) is 0.125. The fourth-order valence-corrected chi connectivity index (χ4v) is 0.734. The number of nitrogens with one attached hydrogen (secondary N) is 1. The molecule has 1 N–H and O–H groups in total. The zero-order chi connectivity index (χ0) is 8.10. The highest BCUT2D eigenvalue weighted by atomic mass is 16.1. The lowest BCUT2D eigenvalue weighted by Crippen LogP contribution is -2.33. The number of hydrogen-bond donors (Lipinski definition) is 1. The molecule has 55 valence electrons. The van der Waals surface area contributed by atoms with E-state index < -0.39 is 0 Å². The molecule has 0 spiro atoms. The predicted molar refractivity (Wildman–Crippen MR) is 45.6 cm³/mol. The molecule has 0 fully saturated rings. The van der Waals surface area contributed by atoms with Gasteiger partial charge in [-0.2, -0.15) is 0 Å². The topological polar surface area (TPSA) is 29.1 Å². The summed E-state index contributed by atoms with van der Waals surface area (Å²) in [6.45, 7) is 1.49. The average molecular weight is 146 g/mol. The van der Waals surface area contributed by atoms with Crippen molar-refractivity contribution in [2.45, 2.75) is 6.92 Å². The third-order valence-corrected chi connectivity index (χ3v) is 1.24. The SMILES string of the molecule is CC(=O)N[B]c1ccccc1. The molecule has 2 nitrogen and oxygen atoms in total. The van der Waals surface area contributed by atoms with Gasteiger partial charge in [-0.25, -0.2) is 0 Å². The van der Waals surface area contributed by atoms with E-state index in [9.17, 15) is 4.79 Å². The normalized spacial score (nSPS) is 8.82. The Balaban J connectivity index is 2.45. The van der Waals surface area contributed by atoms with E-state index >= 15 is 0 Å². The van der Waals surface area contributed by atoms with E-state index in [1.165, 1.54) is 6.92 Å². The van der Waals surface area contributed by atoms with Crippen molar-refractivity contribution in [1.82, 2.24) is 5.23 Å². The third-order valence-electron chi connectivity index (χ3n) is 1.24. The number of amides is 1. The van der Waals surface area contributed by atoms with Gasteiger partial charge in [-0.1, -0.05) is 35.8 Å². The van der Waals surface area contributed by atoms with E-state index in [1.807, 2.05) is 30.3 Å². The van der Waals surface area contributed by atoms with Crippen LogP contribution in [0.25, 0.3) is 0 Å². The van der Waals surface area contributed by atoms with E-state index in [2.05, 4.69) is 5.23 Å². The summed E-state index contributed by atoms with van der Waals surface area (Å²) in [7, 11) is 1.68. The highest BCUT2D eigenvalue weighted by Gasteiger charge is 1.94. The van der Waals surface area contributed by atoms with E-state index in [0.717, 1.165) is 5.46 Å². The minimum atomic E-state index is -0.0474. The maximum atomic E-state index is 10.5. The van der Waals surface area contributed by atoms with Crippen molar-refractivity contribution in [2.75, 3.05) is 0 Å². The van der Waals surface area contributed by atoms with Crippen molar-refractivity contribution >= 4 is 18.8 Å². The van der Waals surface area contributed by atoms with E-state index in [4.69, 9.17) is 0 Å². The molecule has 1 amide bonds. The van der Waals surface area contributed by atoms with Gasteiger partial charge >= 0.3 is 0 Å². The summed E-state index contributed by atoms with van der Waals surface area (Å²) in [4.78, 5) is 10.5. The first-order chi connectivity index (χ1) is 5.29. The van der Waals surface area contributed by atoms with Crippen LogP contribution in [0.2, 0.25) is 0 Å². The maximum Gasteiger partial charge on any atom is 0.284 e. The second-order valence-corrected chi connectivity index (χ2v) is 2.26. The van der Waals surface area contributed by atoms with Gasteiger partial charge < -0.3 is 5.23 Å². The Hall–Kier alpha value is -1.25. The zero-order valence-corrected chi connectivity index (χ0v) is 6.37. The van der Waals surface area contributed by atoms with Crippen LogP contribution in [0, 0.1) is 0 Å². The molecule has 0 bridgehead atoms. The molecule has 0 saturated heterocycles. The van der Waals surface area contributed by atoms with Crippen LogP contribution in [-0.2, 0) is 4.79 Å². The van der Waals surface area contributed by atoms with Crippen molar-refractivity contribution in [3.8, 4) is 0 Å². The van der Waals surface area contributed by atoms with Gasteiger partial charge in [-0.15, -0.1) is 0 Å². The summed E-state index contributed by atoms with van der Waals surface area (Å²) in [6.07, 6.45) is 0. The summed E-state index contributed by atoms with van der Waals surface area (Å²) in [5.41, 5.74) is 1.00. The molecule has 0 aromatic heterocycles. The number of benzene rings is 1. The van der Waals surface area contributed by atoms with Gasteiger partial charge in [0.15, 0.2) is 0 Å². The van der Waals surface area contributed by atoms with Crippen LogP contribution in [0.1, 0.15) is 6.92 Å². The van der Waals surface area contributed by atoms with Crippen molar-refractivity contribution in [3.05, 3.63) is 30.3 Å². The molecule has 0 atom stereocenters. The molecule has 1 rings (SSSR count). The molecule has 11 heavy (non-hydrogen) atoms. The Morgan fingerprint density at radius 3 is 2.55 bits per heavy atom. The molecule has 0 saturated carbocycles. The number of carbonyl (C=O) groups is 1. The largest absolute Gasteiger partial charge is 0.399 e. The predicted octanol–water partition coefficient (Wildman–Crippen LogP) is 0.0672. The monoisotopic (exact) mass is 146 g/mol. The molecule has 1 aromatic rings. The number of carbonyl (C=O) groups excluding carboxylic acids is 1. The molecule has 0 aliphatic rings. The highest BCUT2D eigenvalue weighted by Crippen LogP contribution is 1.79. The Morgan fingerprint density at radius 2 is 2.00 bits per heavy atom. The Bertz CT molecular complexity index is 235. The highest BCUT2D eigenvalue weighted by molar-refractivity contribution is 6.53. The Kier molecular flexibility index (Phi) is 2.72. The molecule has 3 heteroatoms. The van der Waals surface area contributed by atoms with Gasteiger partial charge in [0.1, 0.15) is 0 Å². The fourth-order valence-electron chi connectivity index (χ4n) is 0.734. The Labute approximate surface area is 66.9 Å². The van der Waals surface area contributed by atoms with Gasteiger partial charge in [0.05, 0.1) is 0 Å². The van der Waals surface area contributed by atoms with E-state index in [1.54, 1.807) is 7.41 Å². The van der Waals surface area contributed by atoms with Crippen molar-refractivity contribution in [3.63, 3.8) is 0 Å². The van der Waals surface area contributed by atoms with Gasteiger partial charge in [0.2, 0.25) is 5.91 Å². The number of rotatable bonds is 2. The van der Waals surface area contributed by atoms with Crippen LogP contribution in [0.15, 0.2) is 30.3 Å². The lowest BCUT2D eigenvalue weighted by atomic mass is 9.83. The maximum absolute atomic E-state index is 10.5. The van der Waals surface area contributed by atoms with Gasteiger partial charge in [-0.3, -0.25) is 4.79 Å². The lowest BCUT2D eigenvalue weighted by Gasteiger charge is -1.97. The second kappa shape index (κ2) is 3.81. The molecule has 0 aliphatic carbocycles. The van der Waals surface area contributed by atoms with Gasteiger partial charge in [0, 0.05) is 6.92 Å². The standard InChI is InChI=1S/C8H9BNO/c1-7(11)10-9-8-5-3-2-4-6-8/h2-6H,1H3,(H,10,11). The smallest absolute Gasteiger partial charge is 0.284 e. The molecular weight excluding hydrogens is 137 g/mol. The molecular formula is C8H9BNO. The van der Waals surface area contributed by atoms with Crippen LogP contribution < -0.4 is 10.7 Å². The van der Waals surface area contributed by atoms with Crippen molar-refractivity contribution in [2.24, 2.45) is 0 Å². The summed E-state index contributed by atoms with van der Waals surface area (Å²) in [6, 6.07) is 9.64. The minimum Gasteiger partial charge on any atom is -0.399 e. The summed E-state index contributed by atoms with van der Waals surface area (Å²) in [5, 5.41) is 2.60. The zero-order valence-electron chi connectivity index (χ0n) is 6.37. The van der Waals surface area contributed by atoms with E-state index in [0.29, 0.717) is 0 Å². The summed E-state index contributed by atoms with van der Waals surface area (Å²) < 4.78 is 0. The average Bonchev–Trinajstić information content (AvgIpc) is 2.03. The molecule has 1 aromatic carbocycles. The minimum absolute atomic E-state index is 0.0474. The summed E-state index contributed by atoms with van der Waals surface area (Å²) >= 11 is 0. The first-order valence-electron chi connectivity index (χ1n) is 3.44. The molecule has 0 aliphatic heterocycles.